The second-order valence-electron chi connectivity index (χ2n) is 7.08. The minimum atomic E-state index is 0.270. The number of anilines is 1. The van der Waals surface area contributed by atoms with Gasteiger partial charge < -0.3 is 14.9 Å². The first-order valence-electron chi connectivity index (χ1n) is 8.87. The smallest absolute Gasteiger partial charge is 0.186 e. The van der Waals surface area contributed by atoms with Crippen LogP contribution in [0.5, 0.6) is 0 Å². The van der Waals surface area contributed by atoms with E-state index in [1.54, 1.807) is 11.3 Å². The summed E-state index contributed by atoms with van der Waals surface area (Å²) in [5.41, 5.74) is 1.01. The first kappa shape index (κ1) is 16.6. The number of hydrogen-bond donors (Lipinski definition) is 1. The van der Waals surface area contributed by atoms with Crippen LogP contribution in [-0.4, -0.2) is 54.3 Å². The largest absolute Gasteiger partial charge is 0.396 e. The molecule has 2 atom stereocenters. The van der Waals surface area contributed by atoms with Gasteiger partial charge in [0, 0.05) is 37.2 Å². The number of rotatable bonds is 4. The number of fused-ring (bicyclic) bond motifs is 1. The van der Waals surface area contributed by atoms with Crippen molar-refractivity contribution in [3.8, 4) is 0 Å². The number of nitrogens with zero attached hydrogens (tertiary/aromatic N) is 3. The zero-order valence-electron chi connectivity index (χ0n) is 13.8. The van der Waals surface area contributed by atoms with Gasteiger partial charge in [-0.05, 0) is 50.0 Å². The number of thiazole rings is 1. The number of benzene rings is 1. The van der Waals surface area contributed by atoms with E-state index in [4.69, 9.17) is 16.6 Å². The van der Waals surface area contributed by atoms with E-state index in [2.05, 4.69) is 9.80 Å². The van der Waals surface area contributed by atoms with E-state index in [0.717, 1.165) is 40.0 Å². The van der Waals surface area contributed by atoms with Crippen LogP contribution in [0.15, 0.2) is 18.2 Å². The minimum absolute atomic E-state index is 0.270. The highest BCUT2D eigenvalue weighted by Gasteiger charge is 2.35. The molecule has 4 rings (SSSR count). The number of aliphatic hydroxyl groups is 1. The molecule has 6 heteroatoms. The summed E-state index contributed by atoms with van der Waals surface area (Å²) in [7, 11) is 0. The van der Waals surface area contributed by atoms with Gasteiger partial charge in [0.1, 0.15) is 0 Å². The summed E-state index contributed by atoms with van der Waals surface area (Å²) in [6.45, 7) is 5.71. The van der Waals surface area contributed by atoms with Crippen LogP contribution in [0.25, 0.3) is 10.2 Å². The van der Waals surface area contributed by atoms with Crippen LogP contribution in [0.2, 0.25) is 5.02 Å². The molecular formula is C18H24ClN3OS. The summed E-state index contributed by atoms with van der Waals surface area (Å²) in [6.07, 6.45) is 4.00. The fourth-order valence-electron chi connectivity index (χ4n) is 4.00. The van der Waals surface area contributed by atoms with Gasteiger partial charge in [0.25, 0.3) is 0 Å². The third-order valence-corrected chi connectivity index (χ3v) is 6.68. The van der Waals surface area contributed by atoms with Crippen molar-refractivity contribution in [3.63, 3.8) is 0 Å². The van der Waals surface area contributed by atoms with Gasteiger partial charge >= 0.3 is 0 Å². The number of aromatic nitrogens is 1. The molecule has 0 aliphatic carbocycles. The fourth-order valence-corrected chi connectivity index (χ4v) is 5.26. The van der Waals surface area contributed by atoms with Crippen molar-refractivity contribution < 1.29 is 5.11 Å². The summed E-state index contributed by atoms with van der Waals surface area (Å²) in [4.78, 5) is 9.71. The quantitative estimate of drug-likeness (QED) is 0.900. The molecule has 24 heavy (non-hydrogen) atoms. The maximum Gasteiger partial charge on any atom is 0.186 e. The van der Waals surface area contributed by atoms with E-state index in [1.165, 1.54) is 32.4 Å². The normalized spacial score (nSPS) is 25.7. The summed E-state index contributed by atoms with van der Waals surface area (Å²) < 4.78 is 1.14. The van der Waals surface area contributed by atoms with Crippen LogP contribution in [0.4, 0.5) is 5.13 Å². The fraction of sp³-hybridized carbons (Fsp3) is 0.611. The first-order chi connectivity index (χ1) is 11.7. The average molecular weight is 366 g/mol. The van der Waals surface area contributed by atoms with Crippen molar-refractivity contribution in [2.24, 2.45) is 11.8 Å². The van der Waals surface area contributed by atoms with Gasteiger partial charge in [-0.2, -0.15) is 0 Å². The lowest BCUT2D eigenvalue weighted by Gasteiger charge is -2.30. The summed E-state index contributed by atoms with van der Waals surface area (Å²) >= 11 is 7.80. The summed E-state index contributed by atoms with van der Waals surface area (Å²) in [6, 6.07) is 5.87. The maximum absolute atomic E-state index is 9.83. The number of halogens is 1. The molecule has 0 spiro atoms. The molecule has 0 unspecified atom stereocenters. The molecule has 2 fully saturated rings. The molecule has 0 bridgehead atoms. The minimum Gasteiger partial charge on any atom is -0.396 e. The van der Waals surface area contributed by atoms with Crippen LogP contribution < -0.4 is 4.90 Å². The lowest BCUT2D eigenvalue weighted by atomic mass is 9.95. The van der Waals surface area contributed by atoms with Gasteiger partial charge in [0.15, 0.2) is 5.13 Å². The highest BCUT2D eigenvalue weighted by Crippen LogP contribution is 2.35. The molecule has 2 aliphatic rings. The van der Waals surface area contributed by atoms with Crippen molar-refractivity contribution in [1.82, 2.24) is 9.88 Å². The third-order valence-electron chi connectivity index (χ3n) is 5.36. The van der Waals surface area contributed by atoms with Gasteiger partial charge in [0.2, 0.25) is 0 Å². The Morgan fingerprint density at radius 3 is 2.75 bits per heavy atom. The molecule has 1 aromatic heterocycles. The Balaban J connectivity index is 1.49. The highest BCUT2D eigenvalue weighted by molar-refractivity contribution is 7.22. The number of aliphatic hydroxyl groups excluding tert-OH is 1. The Kier molecular flexibility index (Phi) is 4.95. The van der Waals surface area contributed by atoms with E-state index in [1.807, 2.05) is 18.2 Å². The van der Waals surface area contributed by atoms with Crippen LogP contribution >= 0.6 is 22.9 Å². The van der Waals surface area contributed by atoms with Gasteiger partial charge in [-0.1, -0.05) is 29.4 Å². The lowest BCUT2D eigenvalue weighted by Crippen LogP contribution is -2.37. The van der Waals surface area contributed by atoms with Crippen molar-refractivity contribution >= 4 is 38.3 Å². The summed E-state index contributed by atoms with van der Waals surface area (Å²) in [5, 5.41) is 11.6. The Morgan fingerprint density at radius 1 is 1.17 bits per heavy atom. The highest BCUT2D eigenvalue weighted by atomic mass is 35.5. The van der Waals surface area contributed by atoms with Crippen molar-refractivity contribution in [3.05, 3.63) is 23.2 Å². The van der Waals surface area contributed by atoms with Gasteiger partial charge in [-0.3, -0.25) is 0 Å². The van der Waals surface area contributed by atoms with Gasteiger partial charge in [-0.15, -0.1) is 0 Å². The Hall–Kier alpha value is -0.880. The molecule has 0 amide bonds. The van der Waals surface area contributed by atoms with Crippen LogP contribution in [-0.2, 0) is 0 Å². The van der Waals surface area contributed by atoms with Gasteiger partial charge in [0.05, 0.1) is 10.2 Å². The first-order valence-corrected chi connectivity index (χ1v) is 10.1. The maximum atomic E-state index is 9.83. The zero-order valence-corrected chi connectivity index (χ0v) is 15.4. The molecule has 2 aliphatic heterocycles. The van der Waals surface area contributed by atoms with Crippen LogP contribution in [0, 0.1) is 11.8 Å². The molecule has 4 nitrogen and oxygen atoms in total. The topological polar surface area (TPSA) is 39.6 Å². The lowest BCUT2D eigenvalue weighted by molar-refractivity contribution is 0.149. The second kappa shape index (κ2) is 7.16. The molecule has 130 valence electrons. The number of piperidine rings is 1. The van der Waals surface area contributed by atoms with Crippen molar-refractivity contribution in [1.29, 1.82) is 0 Å². The van der Waals surface area contributed by atoms with Crippen molar-refractivity contribution in [2.45, 2.75) is 19.3 Å². The zero-order chi connectivity index (χ0) is 16.5. The Morgan fingerprint density at radius 2 is 1.96 bits per heavy atom. The second-order valence-corrected chi connectivity index (χ2v) is 8.52. The van der Waals surface area contributed by atoms with E-state index < -0.39 is 0 Å². The average Bonchev–Trinajstić information content (AvgIpc) is 3.19. The predicted molar refractivity (Wildman–Crippen MR) is 101 cm³/mol. The van der Waals surface area contributed by atoms with Crippen LogP contribution in [0.1, 0.15) is 19.3 Å². The van der Waals surface area contributed by atoms with Gasteiger partial charge in [-0.25, -0.2) is 4.98 Å². The third kappa shape index (κ3) is 3.40. The molecule has 0 radical (unpaired) electrons. The molecule has 1 N–H and O–H groups in total. The van der Waals surface area contributed by atoms with Crippen LogP contribution in [0.3, 0.4) is 0 Å². The molecular weight excluding hydrogens is 342 g/mol. The molecule has 0 saturated carbocycles. The van der Waals surface area contributed by atoms with Crippen molar-refractivity contribution in [2.75, 3.05) is 44.2 Å². The van der Waals surface area contributed by atoms with E-state index in [0.29, 0.717) is 11.8 Å². The number of hydrogen-bond acceptors (Lipinski definition) is 5. The monoisotopic (exact) mass is 365 g/mol. The standard InChI is InChI=1S/C18H24ClN3OS/c19-15-4-5-16-17(8-15)24-18(20-16)22-10-13(14(11-22)12-23)9-21-6-2-1-3-7-21/h4-5,8,13-14,23H,1-3,6-7,9-12H2/t13-,14-/m1/s1. The molecule has 1 aromatic carbocycles. The Bertz CT molecular complexity index is 701. The molecule has 2 aromatic rings. The Labute approximate surface area is 152 Å². The van der Waals surface area contributed by atoms with E-state index in [9.17, 15) is 5.11 Å². The number of likely N-dealkylation sites (tertiary alicyclic amines) is 1. The summed E-state index contributed by atoms with van der Waals surface area (Å²) in [5.74, 6) is 0.881. The molecule has 2 saturated heterocycles. The SMILES string of the molecule is OC[C@H]1CN(c2nc3ccc(Cl)cc3s2)C[C@H]1CN1CCCCC1. The molecule has 3 heterocycles. The van der Waals surface area contributed by atoms with E-state index >= 15 is 0 Å². The van der Waals surface area contributed by atoms with E-state index in [-0.39, 0.29) is 6.61 Å². The predicted octanol–water partition coefficient (Wildman–Crippen LogP) is 3.48.